The van der Waals surface area contributed by atoms with Gasteiger partial charge in [-0.25, -0.2) is 0 Å². The van der Waals surface area contributed by atoms with Crippen LogP contribution in [0, 0.1) is 6.92 Å². The Morgan fingerprint density at radius 2 is 1.93 bits per heavy atom. The molecule has 154 valence electrons. The van der Waals surface area contributed by atoms with Gasteiger partial charge in [0.1, 0.15) is 17.0 Å². The number of likely N-dealkylation sites (N-methyl/N-ethyl adjacent to an activating group) is 1. The largest absolute Gasteiger partial charge is 0.360 e. The molecule has 5 nitrogen and oxygen atoms in total. The second-order valence-electron chi connectivity index (χ2n) is 7.32. The van der Waals surface area contributed by atoms with Crippen molar-refractivity contribution in [2.24, 2.45) is 0 Å². The molecule has 7 heteroatoms. The lowest BCUT2D eigenvalue weighted by Crippen LogP contribution is -2.34. The first-order chi connectivity index (χ1) is 14.5. The fraction of sp³-hybridized carbons (Fsp3) is 0.217. The van der Waals surface area contributed by atoms with Crippen LogP contribution in [0.25, 0.3) is 21.3 Å². The third kappa shape index (κ3) is 3.86. The Labute approximate surface area is 184 Å². The number of rotatable bonds is 6. The minimum Gasteiger partial charge on any atom is -0.360 e. The van der Waals surface area contributed by atoms with Gasteiger partial charge in [-0.05, 0) is 49.5 Å². The summed E-state index contributed by atoms with van der Waals surface area (Å²) >= 11 is 8.03. The summed E-state index contributed by atoms with van der Waals surface area (Å²) in [5, 5.41) is 11.1. The molecule has 0 saturated carbocycles. The molecule has 0 aliphatic rings. The van der Waals surface area contributed by atoms with Crippen LogP contribution in [0.2, 0.25) is 5.02 Å². The van der Waals surface area contributed by atoms with Gasteiger partial charge in [-0.15, -0.1) is 11.3 Å². The maximum atomic E-state index is 13.1. The van der Waals surface area contributed by atoms with E-state index in [-0.39, 0.29) is 11.9 Å². The standard InChI is InChI=1S/C23H22ClN3O2S/c1-14-21(22(26-29-14)16-9-4-6-10-18(16)24)23(28)25-12-19(27(2)3)17-13-30-20-11-7-5-8-15(17)20/h4-11,13,19H,12H2,1-3H3,(H,25,28). The number of amides is 1. The molecule has 0 radical (unpaired) electrons. The van der Waals surface area contributed by atoms with Crippen LogP contribution in [-0.4, -0.2) is 36.6 Å². The maximum absolute atomic E-state index is 13.1. The second kappa shape index (κ2) is 8.60. The summed E-state index contributed by atoms with van der Waals surface area (Å²) in [6.45, 7) is 2.19. The van der Waals surface area contributed by atoms with E-state index in [1.54, 1.807) is 24.3 Å². The van der Waals surface area contributed by atoms with Gasteiger partial charge in [0, 0.05) is 16.8 Å². The zero-order valence-electron chi connectivity index (χ0n) is 17.0. The number of hydrogen-bond acceptors (Lipinski definition) is 5. The number of benzene rings is 2. The van der Waals surface area contributed by atoms with E-state index < -0.39 is 0 Å². The highest BCUT2D eigenvalue weighted by Gasteiger charge is 2.25. The van der Waals surface area contributed by atoms with Crippen LogP contribution in [0.4, 0.5) is 0 Å². The Morgan fingerprint density at radius 3 is 2.70 bits per heavy atom. The number of fused-ring (bicyclic) bond motifs is 1. The summed E-state index contributed by atoms with van der Waals surface area (Å²) in [5.41, 5.74) is 2.75. The van der Waals surface area contributed by atoms with E-state index >= 15 is 0 Å². The summed E-state index contributed by atoms with van der Waals surface area (Å²) in [5.74, 6) is 0.236. The van der Waals surface area contributed by atoms with Crippen LogP contribution in [0.3, 0.4) is 0 Å². The Kier molecular flexibility index (Phi) is 5.90. The summed E-state index contributed by atoms with van der Waals surface area (Å²) in [7, 11) is 4.03. The molecule has 4 rings (SSSR count). The molecule has 0 fully saturated rings. The van der Waals surface area contributed by atoms with Crippen LogP contribution in [0.5, 0.6) is 0 Å². The summed E-state index contributed by atoms with van der Waals surface area (Å²) in [6, 6.07) is 15.7. The zero-order chi connectivity index (χ0) is 21.3. The van der Waals surface area contributed by atoms with E-state index in [9.17, 15) is 4.79 Å². The molecule has 1 N–H and O–H groups in total. The fourth-order valence-corrected chi connectivity index (χ4v) is 4.81. The maximum Gasteiger partial charge on any atom is 0.257 e. The molecule has 1 unspecified atom stereocenters. The van der Waals surface area contributed by atoms with E-state index in [1.165, 1.54) is 15.6 Å². The highest BCUT2D eigenvalue weighted by Crippen LogP contribution is 2.33. The van der Waals surface area contributed by atoms with E-state index in [2.05, 4.69) is 32.9 Å². The van der Waals surface area contributed by atoms with Crippen molar-refractivity contribution in [2.75, 3.05) is 20.6 Å². The molecule has 2 heterocycles. The third-order valence-corrected chi connectivity index (χ3v) is 6.48. The number of aromatic nitrogens is 1. The molecule has 1 amide bonds. The third-order valence-electron chi connectivity index (χ3n) is 5.17. The van der Waals surface area contributed by atoms with Gasteiger partial charge in [0.2, 0.25) is 0 Å². The number of carbonyl (C=O) groups excluding carboxylic acids is 1. The zero-order valence-corrected chi connectivity index (χ0v) is 18.6. The minimum atomic E-state index is -0.227. The molecule has 30 heavy (non-hydrogen) atoms. The Bertz CT molecular complexity index is 1200. The smallest absolute Gasteiger partial charge is 0.257 e. The predicted molar refractivity (Wildman–Crippen MR) is 122 cm³/mol. The van der Waals surface area contributed by atoms with Gasteiger partial charge in [0.05, 0.1) is 11.1 Å². The van der Waals surface area contributed by atoms with Crippen molar-refractivity contribution in [2.45, 2.75) is 13.0 Å². The SMILES string of the molecule is Cc1onc(-c2ccccc2Cl)c1C(=O)NCC(c1csc2ccccc12)N(C)C. The lowest BCUT2D eigenvalue weighted by atomic mass is 10.0. The fourth-order valence-electron chi connectivity index (χ4n) is 3.58. The first-order valence-corrected chi connectivity index (χ1v) is 10.8. The van der Waals surface area contributed by atoms with Gasteiger partial charge in [-0.2, -0.15) is 0 Å². The van der Waals surface area contributed by atoms with Crippen LogP contribution in [0.15, 0.2) is 58.4 Å². The van der Waals surface area contributed by atoms with Gasteiger partial charge in [-0.3, -0.25) is 4.79 Å². The lowest BCUT2D eigenvalue weighted by molar-refractivity contribution is 0.0941. The van der Waals surface area contributed by atoms with Crippen LogP contribution in [0.1, 0.15) is 27.7 Å². The topological polar surface area (TPSA) is 58.4 Å². The summed E-state index contributed by atoms with van der Waals surface area (Å²) < 4.78 is 6.57. The van der Waals surface area contributed by atoms with Gasteiger partial charge in [0.25, 0.3) is 5.91 Å². The van der Waals surface area contributed by atoms with Gasteiger partial charge >= 0.3 is 0 Å². The van der Waals surface area contributed by atoms with Gasteiger partial charge in [-0.1, -0.05) is 53.2 Å². The van der Waals surface area contributed by atoms with Crippen LogP contribution >= 0.6 is 22.9 Å². The van der Waals surface area contributed by atoms with E-state index in [1.807, 2.05) is 44.4 Å². The summed E-state index contributed by atoms with van der Waals surface area (Å²) in [6.07, 6.45) is 0. The monoisotopic (exact) mass is 439 g/mol. The highest BCUT2D eigenvalue weighted by molar-refractivity contribution is 7.17. The van der Waals surface area contributed by atoms with E-state index in [0.717, 1.165) is 0 Å². The van der Waals surface area contributed by atoms with Crippen molar-refractivity contribution in [3.8, 4) is 11.3 Å². The van der Waals surface area contributed by atoms with Crippen LogP contribution in [-0.2, 0) is 0 Å². The average Bonchev–Trinajstić information content (AvgIpc) is 3.32. The molecule has 0 aliphatic heterocycles. The summed E-state index contributed by atoms with van der Waals surface area (Å²) in [4.78, 5) is 15.2. The van der Waals surface area contributed by atoms with E-state index in [4.69, 9.17) is 16.1 Å². The number of hydrogen-bond donors (Lipinski definition) is 1. The van der Waals surface area contributed by atoms with Crippen molar-refractivity contribution in [1.82, 2.24) is 15.4 Å². The van der Waals surface area contributed by atoms with Crippen molar-refractivity contribution in [3.63, 3.8) is 0 Å². The normalized spacial score (nSPS) is 12.4. The van der Waals surface area contributed by atoms with Crippen molar-refractivity contribution < 1.29 is 9.32 Å². The number of halogens is 1. The van der Waals surface area contributed by atoms with E-state index in [0.29, 0.717) is 34.1 Å². The highest BCUT2D eigenvalue weighted by atomic mass is 35.5. The van der Waals surface area contributed by atoms with Crippen molar-refractivity contribution in [1.29, 1.82) is 0 Å². The number of nitrogens with one attached hydrogen (secondary N) is 1. The molecule has 2 aromatic heterocycles. The van der Waals surface area contributed by atoms with Crippen LogP contribution < -0.4 is 5.32 Å². The molecule has 0 spiro atoms. The quantitative estimate of drug-likeness (QED) is 0.428. The lowest BCUT2D eigenvalue weighted by Gasteiger charge is -2.24. The van der Waals surface area contributed by atoms with Gasteiger partial charge in [0.15, 0.2) is 0 Å². The first-order valence-electron chi connectivity index (χ1n) is 9.59. The first kappa shape index (κ1) is 20.6. The Balaban J connectivity index is 1.60. The molecule has 0 bridgehead atoms. The molecule has 0 saturated heterocycles. The average molecular weight is 440 g/mol. The minimum absolute atomic E-state index is 0.0361. The Morgan fingerprint density at radius 1 is 1.20 bits per heavy atom. The molecule has 2 aromatic carbocycles. The molecule has 1 atom stereocenters. The number of nitrogens with zero attached hydrogens (tertiary/aromatic N) is 2. The van der Waals surface area contributed by atoms with Crippen molar-refractivity contribution in [3.05, 3.63) is 75.8 Å². The van der Waals surface area contributed by atoms with Gasteiger partial charge < -0.3 is 14.7 Å². The number of aryl methyl sites for hydroxylation is 1. The molecule has 0 aliphatic carbocycles. The number of carbonyl (C=O) groups is 1. The van der Waals surface area contributed by atoms with Crippen molar-refractivity contribution >= 4 is 38.9 Å². The number of thiophene rings is 1. The predicted octanol–water partition coefficient (Wildman–Crippen LogP) is 5.55. The Hall–Kier alpha value is -2.67. The molecule has 4 aromatic rings. The molecular weight excluding hydrogens is 418 g/mol. The second-order valence-corrected chi connectivity index (χ2v) is 8.64. The molecular formula is C23H22ClN3O2S.